The van der Waals surface area contributed by atoms with E-state index in [1.807, 2.05) is 30.3 Å². The number of benzene rings is 1. The van der Waals surface area contributed by atoms with E-state index < -0.39 is 0 Å². The van der Waals surface area contributed by atoms with Gasteiger partial charge < -0.3 is 15.1 Å². The minimum Gasteiger partial charge on any atom is -0.369 e. The van der Waals surface area contributed by atoms with Gasteiger partial charge in [0.2, 0.25) is 5.95 Å². The first-order valence-corrected chi connectivity index (χ1v) is 12.8. The molecule has 0 unspecified atom stereocenters. The van der Waals surface area contributed by atoms with Crippen molar-refractivity contribution in [3.63, 3.8) is 0 Å². The van der Waals surface area contributed by atoms with Crippen LogP contribution in [0.1, 0.15) is 0 Å². The van der Waals surface area contributed by atoms with Crippen LogP contribution in [0.3, 0.4) is 0 Å². The molecule has 39 heavy (non-hydrogen) atoms. The third-order valence-electron chi connectivity index (χ3n) is 6.72. The normalized spacial score (nSPS) is 14.0. The summed E-state index contributed by atoms with van der Waals surface area (Å²) in [5.74, 6) is 1.38. The maximum atomic E-state index is 13.3. The number of aromatic nitrogens is 7. The molecule has 1 aromatic carbocycles. The molecule has 1 saturated heterocycles. The SMILES string of the molecule is C=CCn1c(=O)c2cnc(Nc3ccc(N4CCN(C)CC4)cc3)nc2n1-c1cccc(-c2ncccn2)n1. The van der Waals surface area contributed by atoms with Gasteiger partial charge in [-0.2, -0.15) is 4.98 Å². The molecule has 6 rings (SSSR count). The number of rotatable bonds is 7. The summed E-state index contributed by atoms with van der Waals surface area (Å²) >= 11 is 0. The van der Waals surface area contributed by atoms with Crippen LogP contribution in [0.15, 0.2) is 84.6 Å². The summed E-state index contributed by atoms with van der Waals surface area (Å²) in [7, 11) is 2.15. The van der Waals surface area contributed by atoms with E-state index in [0.717, 1.165) is 31.9 Å². The van der Waals surface area contributed by atoms with Gasteiger partial charge in [0, 0.05) is 56.1 Å². The van der Waals surface area contributed by atoms with Crippen LogP contribution in [0.2, 0.25) is 0 Å². The Morgan fingerprint density at radius 2 is 1.72 bits per heavy atom. The largest absolute Gasteiger partial charge is 0.369 e. The molecule has 11 heteroatoms. The van der Waals surface area contributed by atoms with Gasteiger partial charge in [-0.1, -0.05) is 12.1 Å². The van der Waals surface area contributed by atoms with Crippen LogP contribution in [0.25, 0.3) is 28.4 Å². The van der Waals surface area contributed by atoms with Gasteiger partial charge in [-0.3, -0.25) is 4.79 Å². The van der Waals surface area contributed by atoms with Gasteiger partial charge in [0.05, 0.1) is 6.54 Å². The molecule has 1 fully saturated rings. The number of nitrogens with zero attached hydrogens (tertiary/aromatic N) is 9. The van der Waals surface area contributed by atoms with E-state index in [-0.39, 0.29) is 12.1 Å². The minimum atomic E-state index is -0.226. The van der Waals surface area contributed by atoms with Gasteiger partial charge in [0.15, 0.2) is 17.3 Å². The molecule has 1 aliphatic heterocycles. The van der Waals surface area contributed by atoms with E-state index in [0.29, 0.717) is 34.3 Å². The molecule has 196 valence electrons. The highest BCUT2D eigenvalue weighted by Crippen LogP contribution is 2.23. The summed E-state index contributed by atoms with van der Waals surface area (Å²) in [5.41, 5.74) is 2.84. The first kappa shape index (κ1) is 24.4. The molecule has 0 amide bonds. The molecule has 0 bridgehead atoms. The van der Waals surface area contributed by atoms with E-state index in [1.165, 1.54) is 5.69 Å². The molecule has 0 radical (unpaired) electrons. The number of nitrogens with one attached hydrogen (secondary N) is 1. The third-order valence-corrected chi connectivity index (χ3v) is 6.72. The van der Waals surface area contributed by atoms with Crippen molar-refractivity contribution in [3.8, 4) is 17.3 Å². The Labute approximate surface area is 225 Å². The van der Waals surface area contributed by atoms with Gasteiger partial charge >= 0.3 is 0 Å². The van der Waals surface area contributed by atoms with Gasteiger partial charge in [0.1, 0.15) is 11.1 Å². The standard InChI is InChI=1S/C28H28N10O/c1-3-14-37-27(39)22-19-31-28(32-20-8-10-21(11-9-20)36-17-15-35(2)16-18-36)34-26(22)38(37)24-7-4-6-23(33-24)25-29-12-5-13-30-25/h3-13,19H,1,14-18H2,2H3,(H,31,32,34). The number of piperazine rings is 1. The summed E-state index contributed by atoms with van der Waals surface area (Å²) in [4.78, 5) is 40.5. The summed E-state index contributed by atoms with van der Waals surface area (Å²) < 4.78 is 3.23. The maximum Gasteiger partial charge on any atom is 0.278 e. The van der Waals surface area contributed by atoms with Crippen molar-refractivity contribution in [2.45, 2.75) is 6.54 Å². The zero-order valence-corrected chi connectivity index (χ0v) is 21.6. The van der Waals surface area contributed by atoms with Crippen molar-refractivity contribution in [1.82, 2.24) is 39.2 Å². The van der Waals surface area contributed by atoms with E-state index >= 15 is 0 Å². The van der Waals surface area contributed by atoms with Crippen LogP contribution in [0, 0.1) is 0 Å². The zero-order chi connectivity index (χ0) is 26.8. The molecule has 0 atom stereocenters. The Kier molecular flexibility index (Phi) is 6.55. The van der Waals surface area contributed by atoms with Gasteiger partial charge in [-0.25, -0.2) is 29.3 Å². The van der Waals surface area contributed by atoms with Crippen molar-refractivity contribution in [2.75, 3.05) is 43.4 Å². The van der Waals surface area contributed by atoms with Crippen LogP contribution < -0.4 is 15.8 Å². The first-order chi connectivity index (χ1) is 19.1. The van der Waals surface area contributed by atoms with Crippen LogP contribution in [0.5, 0.6) is 0 Å². The summed E-state index contributed by atoms with van der Waals surface area (Å²) in [6.45, 7) is 8.22. The quantitative estimate of drug-likeness (QED) is 0.324. The smallest absolute Gasteiger partial charge is 0.278 e. The molecule has 4 aromatic heterocycles. The lowest BCUT2D eigenvalue weighted by atomic mass is 10.2. The molecule has 1 aliphatic rings. The van der Waals surface area contributed by atoms with Crippen molar-refractivity contribution in [2.24, 2.45) is 0 Å². The van der Waals surface area contributed by atoms with E-state index in [1.54, 1.807) is 40.1 Å². The number of fused-ring (bicyclic) bond motifs is 1. The van der Waals surface area contributed by atoms with E-state index in [4.69, 9.17) is 9.97 Å². The van der Waals surface area contributed by atoms with Crippen LogP contribution >= 0.6 is 0 Å². The second-order valence-electron chi connectivity index (χ2n) is 9.33. The Bertz CT molecular complexity index is 1670. The highest BCUT2D eigenvalue weighted by molar-refractivity contribution is 5.77. The van der Waals surface area contributed by atoms with Crippen molar-refractivity contribution in [1.29, 1.82) is 0 Å². The number of likely N-dealkylation sites (N-methyl/N-ethyl adjacent to an activating group) is 1. The van der Waals surface area contributed by atoms with E-state index in [2.05, 4.69) is 55.8 Å². The Morgan fingerprint density at radius 3 is 2.46 bits per heavy atom. The summed E-state index contributed by atoms with van der Waals surface area (Å²) in [6.07, 6.45) is 6.54. The molecule has 0 aliphatic carbocycles. The van der Waals surface area contributed by atoms with Gasteiger partial charge in [-0.05, 0) is 49.5 Å². The van der Waals surface area contributed by atoms with E-state index in [9.17, 15) is 4.79 Å². The Morgan fingerprint density at radius 1 is 0.949 bits per heavy atom. The number of hydrogen-bond donors (Lipinski definition) is 1. The number of allylic oxidation sites excluding steroid dienone is 1. The third kappa shape index (κ3) is 4.87. The fraction of sp³-hybridized carbons (Fsp3) is 0.214. The predicted molar refractivity (Wildman–Crippen MR) is 152 cm³/mol. The maximum absolute atomic E-state index is 13.3. The lowest BCUT2D eigenvalue weighted by molar-refractivity contribution is 0.313. The fourth-order valence-electron chi connectivity index (χ4n) is 4.66. The average Bonchev–Trinajstić information content (AvgIpc) is 3.25. The molecule has 1 N–H and O–H groups in total. The Balaban J connectivity index is 1.35. The van der Waals surface area contributed by atoms with Crippen LogP contribution in [0.4, 0.5) is 17.3 Å². The second kappa shape index (κ2) is 10.5. The lowest BCUT2D eigenvalue weighted by Crippen LogP contribution is -2.44. The molecule has 5 heterocycles. The van der Waals surface area contributed by atoms with Crippen molar-refractivity contribution >= 4 is 28.4 Å². The Hall–Kier alpha value is -4.90. The topological polar surface area (TPSA) is 110 Å². The molecule has 5 aromatic rings. The monoisotopic (exact) mass is 520 g/mol. The lowest BCUT2D eigenvalue weighted by Gasteiger charge is -2.34. The molecular weight excluding hydrogens is 492 g/mol. The van der Waals surface area contributed by atoms with Crippen molar-refractivity contribution < 1.29 is 0 Å². The van der Waals surface area contributed by atoms with Crippen molar-refractivity contribution in [3.05, 3.63) is 90.1 Å². The van der Waals surface area contributed by atoms with Gasteiger partial charge in [-0.15, -0.1) is 6.58 Å². The van der Waals surface area contributed by atoms with Crippen LogP contribution in [-0.4, -0.2) is 72.4 Å². The summed E-state index contributed by atoms with van der Waals surface area (Å²) in [5, 5.41) is 3.66. The van der Waals surface area contributed by atoms with Crippen LogP contribution in [-0.2, 0) is 6.54 Å². The molecule has 0 spiro atoms. The molecular formula is C28H28N10O. The number of hydrogen-bond acceptors (Lipinski definition) is 9. The number of anilines is 3. The highest BCUT2D eigenvalue weighted by Gasteiger charge is 2.19. The average molecular weight is 521 g/mol. The molecule has 11 nitrogen and oxygen atoms in total. The first-order valence-electron chi connectivity index (χ1n) is 12.8. The zero-order valence-electron chi connectivity index (χ0n) is 21.6. The predicted octanol–water partition coefficient (Wildman–Crippen LogP) is 3.12. The highest BCUT2D eigenvalue weighted by atomic mass is 16.1. The number of pyridine rings is 1. The second-order valence-corrected chi connectivity index (χ2v) is 9.33. The molecule has 0 saturated carbocycles. The minimum absolute atomic E-state index is 0.226. The van der Waals surface area contributed by atoms with Gasteiger partial charge in [0.25, 0.3) is 5.56 Å². The fourth-order valence-corrected chi connectivity index (χ4v) is 4.66. The summed E-state index contributed by atoms with van der Waals surface area (Å²) in [6, 6.07) is 15.5.